The predicted octanol–water partition coefficient (Wildman–Crippen LogP) is 1.83. The van der Waals surface area contributed by atoms with Gasteiger partial charge in [0.05, 0.1) is 17.5 Å². The van der Waals surface area contributed by atoms with Gasteiger partial charge < -0.3 is 4.98 Å². The third kappa shape index (κ3) is 2.08. The van der Waals surface area contributed by atoms with E-state index in [4.69, 9.17) is 0 Å². The quantitative estimate of drug-likeness (QED) is 0.876. The van der Waals surface area contributed by atoms with Crippen LogP contribution in [0.3, 0.4) is 0 Å². The Balaban J connectivity index is 2.02. The number of nitrogens with one attached hydrogen (secondary N) is 1. The molecule has 0 bridgehead atoms. The van der Waals surface area contributed by atoms with Crippen molar-refractivity contribution in [3.63, 3.8) is 0 Å². The molecule has 0 atom stereocenters. The summed E-state index contributed by atoms with van der Waals surface area (Å²) in [6.45, 7) is 0. The number of H-pyrrole nitrogens is 1. The predicted molar refractivity (Wildman–Crippen MR) is 68.3 cm³/mol. The zero-order chi connectivity index (χ0) is 12.5. The SMILES string of the molecule is Cn1cc(-c2nc(C3CCCC3)cc(=O)[nH]2)cn1. The van der Waals surface area contributed by atoms with Gasteiger partial charge in [0.2, 0.25) is 0 Å². The molecule has 0 unspecified atom stereocenters. The lowest BCUT2D eigenvalue weighted by molar-refractivity contribution is 0.693. The molecule has 1 aliphatic carbocycles. The van der Waals surface area contributed by atoms with Crippen molar-refractivity contribution < 1.29 is 0 Å². The van der Waals surface area contributed by atoms with E-state index in [2.05, 4.69) is 15.1 Å². The lowest BCUT2D eigenvalue weighted by Crippen LogP contribution is -2.12. The molecule has 0 radical (unpaired) electrons. The number of aryl methyl sites for hydroxylation is 1. The molecule has 5 heteroatoms. The van der Waals surface area contributed by atoms with Gasteiger partial charge in [-0.1, -0.05) is 12.8 Å². The molecule has 1 saturated carbocycles. The van der Waals surface area contributed by atoms with Crippen LogP contribution in [-0.4, -0.2) is 19.7 Å². The summed E-state index contributed by atoms with van der Waals surface area (Å²) in [6.07, 6.45) is 8.34. The topological polar surface area (TPSA) is 63.6 Å². The first-order valence-corrected chi connectivity index (χ1v) is 6.32. The zero-order valence-corrected chi connectivity index (χ0v) is 10.4. The van der Waals surface area contributed by atoms with Crippen molar-refractivity contribution in [3.05, 3.63) is 34.5 Å². The Morgan fingerprint density at radius 1 is 1.39 bits per heavy atom. The Hall–Kier alpha value is -1.91. The van der Waals surface area contributed by atoms with E-state index in [1.54, 1.807) is 16.9 Å². The summed E-state index contributed by atoms with van der Waals surface area (Å²) in [5, 5.41) is 4.10. The number of aromatic amines is 1. The fraction of sp³-hybridized carbons (Fsp3) is 0.462. The Morgan fingerprint density at radius 2 is 2.17 bits per heavy atom. The van der Waals surface area contributed by atoms with Crippen LogP contribution in [0.15, 0.2) is 23.3 Å². The number of rotatable bonds is 2. The van der Waals surface area contributed by atoms with E-state index in [0.29, 0.717) is 11.7 Å². The summed E-state index contributed by atoms with van der Waals surface area (Å²) in [5.74, 6) is 1.07. The lowest BCUT2D eigenvalue weighted by atomic mass is 10.0. The van der Waals surface area contributed by atoms with E-state index in [1.807, 2.05) is 13.2 Å². The molecule has 0 amide bonds. The average molecular weight is 244 g/mol. The summed E-state index contributed by atoms with van der Waals surface area (Å²) >= 11 is 0. The fourth-order valence-corrected chi connectivity index (χ4v) is 2.59. The Labute approximate surface area is 105 Å². The van der Waals surface area contributed by atoms with E-state index in [1.165, 1.54) is 12.8 Å². The number of nitrogens with zero attached hydrogens (tertiary/aromatic N) is 3. The molecule has 94 valence electrons. The third-order valence-corrected chi connectivity index (χ3v) is 3.51. The molecular formula is C13H16N4O. The highest BCUT2D eigenvalue weighted by molar-refractivity contribution is 5.51. The summed E-state index contributed by atoms with van der Waals surface area (Å²) in [4.78, 5) is 19.1. The molecule has 1 aliphatic rings. The highest BCUT2D eigenvalue weighted by Gasteiger charge is 2.19. The van der Waals surface area contributed by atoms with Crippen LogP contribution in [0.1, 0.15) is 37.3 Å². The van der Waals surface area contributed by atoms with E-state index in [0.717, 1.165) is 24.1 Å². The minimum absolute atomic E-state index is 0.0780. The van der Waals surface area contributed by atoms with Crippen molar-refractivity contribution in [2.75, 3.05) is 0 Å². The lowest BCUT2D eigenvalue weighted by Gasteiger charge is -2.08. The van der Waals surface area contributed by atoms with Gasteiger partial charge in [0, 0.05) is 25.2 Å². The van der Waals surface area contributed by atoms with Crippen molar-refractivity contribution in [2.24, 2.45) is 7.05 Å². The second-order valence-corrected chi connectivity index (χ2v) is 4.90. The Bertz CT molecular complexity index is 607. The first-order valence-electron chi connectivity index (χ1n) is 6.32. The van der Waals surface area contributed by atoms with Crippen molar-refractivity contribution in [3.8, 4) is 11.4 Å². The first-order chi connectivity index (χ1) is 8.72. The largest absolute Gasteiger partial charge is 0.306 e. The average Bonchev–Trinajstić information content (AvgIpc) is 2.98. The van der Waals surface area contributed by atoms with E-state index in [-0.39, 0.29) is 5.56 Å². The highest BCUT2D eigenvalue weighted by atomic mass is 16.1. The monoisotopic (exact) mass is 244 g/mol. The van der Waals surface area contributed by atoms with Crippen LogP contribution in [0.5, 0.6) is 0 Å². The summed E-state index contributed by atoms with van der Waals surface area (Å²) in [7, 11) is 1.85. The van der Waals surface area contributed by atoms with Crippen LogP contribution in [0, 0.1) is 0 Å². The number of hydrogen-bond acceptors (Lipinski definition) is 3. The minimum Gasteiger partial charge on any atom is -0.306 e. The van der Waals surface area contributed by atoms with Crippen LogP contribution in [0.2, 0.25) is 0 Å². The Kier molecular flexibility index (Phi) is 2.74. The van der Waals surface area contributed by atoms with Gasteiger partial charge in [0.25, 0.3) is 5.56 Å². The molecule has 5 nitrogen and oxygen atoms in total. The van der Waals surface area contributed by atoms with Crippen molar-refractivity contribution >= 4 is 0 Å². The molecule has 1 fully saturated rings. The molecule has 18 heavy (non-hydrogen) atoms. The summed E-state index contributed by atoms with van der Waals surface area (Å²) in [6, 6.07) is 1.63. The fourth-order valence-electron chi connectivity index (χ4n) is 2.59. The van der Waals surface area contributed by atoms with Crippen molar-refractivity contribution in [2.45, 2.75) is 31.6 Å². The molecule has 0 aliphatic heterocycles. The van der Waals surface area contributed by atoms with Crippen LogP contribution < -0.4 is 5.56 Å². The van der Waals surface area contributed by atoms with Gasteiger partial charge in [-0.3, -0.25) is 9.48 Å². The molecule has 2 heterocycles. The number of hydrogen-bond donors (Lipinski definition) is 1. The standard InChI is InChI=1S/C13H16N4O/c1-17-8-10(7-14-17)13-15-11(6-12(18)16-13)9-4-2-3-5-9/h6-9H,2-5H2,1H3,(H,15,16,18). The maximum Gasteiger partial charge on any atom is 0.251 e. The normalized spacial score (nSPS) is 16.3. The van der Waals surface area contributed by atoms with E-state index in [9.17, 15) is 4.79 Å². The van der Waals surface area contributed by atoms with Crippen LogP contribution in [-0.2, 0) is 7.05 Å². The van der Waals surface area contributed by atoms with Gasteiger partial charge in [0.15, 0.2) is 0 Å². The smallest absolute Gasteiger partial charge is 0.251 e. The molecule has 3 rings (SSSR count). The molecule has 0 saturated heterocycles. The third-order valence-electron chi connectivity index (χ3n) is 3.51. The molecule has 0 spiro atoms. The maximum atomic E-state index is 11.7. The van der Waals surface area contributed by atoms with Crippen LogP contribution in [0.4, 0.5) is 0 Å². The summed E-state index contributed by atoms with van der Waals surface area (Å²) < 4.78 is 1.71. The molecule has 2 aromatic heterocycles. The van der Waals surface area contributed by atoms with Gasteiger partial charge in [0.1, 0.15) is 5.82 Å². The second kappa shape index (κ2) is 4.40. The minimum atomic E-state index is -0.0780. The molecule has 0 aromatic carbocycles. The number of aromatic nitrogens is 4. The van der Waals surface area contributed by atoms with Gasteiger partial charge in [-0.2, -0.15) is 5.10 Å². The van der Waals surface area contributed by atoms with Gasteiger partial charge in [-0.25, -0.2) is 4.98 Å². The molecule has 2 aromatic rings. The van der Waals surface area contributed by atoms with Crippen LogP contribution in [0.25, 0.3) is 11.4 Å². The van der Waals surface area contributed by atoms with E-state index >= 15 is 0 Å². The maximum absolute atomic E-state index is 11.7. The molecular weight excluding hydrogens is 228 g/mol. The first kappa shape index (κ1) is 11.2. The van der Waals surface area contributed by atoms with E-state index < -0.39 is 0 Å². The van der Waals surface area contributed by atoms with Gasteiger partial charge in [-0.05, 0) is 12.8 Å². The van der Waals surface area contributed by atoms with Crippen molar-refractivity contribution in [1.29, 1.82) is 0 Å². The summed E-state index contributed by atoms with van der Waals surface area (Å²) in [5.41, 5.74) is 1.70. The van der Waals surface area contributed by atoms with Gasteiger partial charge in [-0.15, -0.1) is 0 Å². The Morgan fingerprint density at radius 3 is 2.83 bits per heavy atom. The second-order valence-electron chi connectivity index (χ2n) is 4.90. The van der Waals surface area contributed by atoms with Crippen LogP contribution >= 0.6 is 0 Å². The van der Waals surface area contributed by atoms with Crippen molar-refractivity contribution in [1.82, 2.24) is 19.7 Å². The zero-order valence-electron chi connectivity index (χ0n) is 10.4. The molecule has 1 N–H and O–H groups in total. The van der Waals surface area contributed by atoms with Gasteiger partial charge >= 0.3 is 0 Å². The highest BCUT2D eigenvalue weighted by Crippen LogP contribution is 2.32.